The van der Waals surface area contributed by atoms with Crippen LogP contribution in [0.4, 0.5) is 0 Å². The molecule has 4 aliphatic rings. The highest BCUT2D eigenvalue weighted by molar-refractivity contribution is 5.94. The number of fused-ring (bicyclic) bond motifs is 4. The number of phenols is 1. The number of aromatic amines is 1. The predicted molar refractivity (Wildman–Crippen MR) is 156 cm³/mol. The number of H-pyrrole nitrogens is 1. The highest BCUT2D eigenvalue weighted by atomic mass is 16.5. The van der Waals surface area contributed by atoms with Crippen molar-refractivity contribution in [2.75, 3.05) is 6.61 Å². The molecule has 10 nitrogen and oxygen atoms in total. The highest BCUT2D eigenvalue weighted by Crippen LogP contribution is 2.54. The van der Waals surface area contributed by atoms with Crippen LogP contribution in [0.25, 0.3) is 28.4 Å². The van der Waals surface area contributed by atoms with E-state index in [9.17, 15) is 39.3 Å². The van der Waals surface area contributed by atoms with E-state index in [1.165, 1.54) is 6.08 Å². The van der Waals surface area contributed by atoms with Crippen LogP contribution in [0.1, 0.15) is 30.2 Å². The molecule has 0 amide bonds. The average Bonchev–Trinajstić information content (AvgIpc) is 3.44. The Balaban J connectivity index is 1.71. The monoisotopic (exact) mass is 565 g/mol. The Morgan fingerprint density at radius 1 is 0.929 bits per heavy atom. The predicted octanol–water partition coefficient (Wildman–Crippen LogP) is 0.659. The topological polar surface area (TPSA) is 171 Å². The zero-order valence-corrected chi connectivity index (χ0v) is 22.2. The Morgan fingerprint density at radius 2 is 1.62 bits per heavy atom. The summed E-state index contributed by atoms with van der Waals surface area (Å²) in [5.74, 6) is -2.49. The first kappa shape index (κ1) is 26.7. The Hall–Kier alpha value is -5.51. The number of aromatic nitrogens is 1. The first-order valence-electron chi connectivity index (χ1n) is 13.1. The van der Waals surface area contributed by atoms with Crippen molar-refractivity contribution in [1.29, 1.82) is 0 Å². The molecule has 6 rings (SSSR count). The van der Waals surface area contributed by atoms with Gasteiger partial charge in [-0.1, -0.05) is 36.9 Å². The van der Waals surface area contributed by atoms with Crippen LogP contribution in [0.3, 0.4) is 0 Å². The smallest absolute Gasteiger partial charge is 0.260 e. The van der Waals surface area contributed by atoms with Crippen molar-refractivity contribution < 1.29 is 20.1 Å². The summed E-state index contributed by atoms with van der Waals surface area (Å²) in [6.45, 7) is 5.16. The van der Waals surface area contributed by atoms with Crippen LogP contribution in [0.2, 0.25) is 0 Å². The van der Waals surface area contributed by atoms with E-state index in [1.54, 1.807) is 30.4 Å². The SMILES string of the molecule is C=CCOc1cc(=O)c2c(=O)c3c(c(=O)c=2c1=O)=C(O)[C@]1(CCc2cc4cc(/C=C/C=C/C)[nH]c(=O)c4c(O)c21)C=3O. The van der Waals surface area contributed by atoms with Crippen LogP contribution in [-0.2, 0) is 11.8 Å². The van der Waals surface area contributed by atoms with E-state index in [0.717, 1.165) is 6.07 Å². The van der Waals surface area contributed by atoms with Gasteiger partial charge in [-0.25, -0.2) is 0 Å². The van der Waals surface area contributed by atoms with E-state index in [1.807, 2.05) is 13.0 Å². The second kappa shape index (κ2) is 9.27. The Bertz CT molecular complexity index is 2430. The fraction of sp³-hybridized carbons (Fsp3) is 0.156. The number of allylic oxidation sites excluding steroid dienone is 3. The average molecular weight is 566 g/mol. The van der Waals surface area contributed by atoms with Crippen LogP contribution >= 0.6 is 0 Å². The lowest BCUT2D eigenvalue weighted by molar-refractivity contribution is 0.359. The Kier molecular flexibility index (Phi) is 5.89. The third-order valence-corrected chi connectivity index (χ3v) is 7.99. The number of ether oxygens (including phenoxy) is 1. The zero-order valence-electron chi connectivity index (χ0n) is 22.2. The van der Waals surface area contributed by atoms with Gasteiger partial charge >= 0.3 is 0 Å². The lowest BCUT2D eigenvalue weighted by atomic mass is 9.78. The fourth-order valence-electron chi connectivity index (χ4n) is 6.23. The minimum atomic E-state index is -1.95. The molecule has 1 spiro atoms. The molecule has 42 heavy (non-hydrogen) atoms. The number of hydrogen-bond acceptors (Lipinski definition) is 9. The molecule has 1 atom stereocenters. The minimum Gasteiger partial charge on any atom is -0.510 e. The first-order valence-corrected chi connectivity index (χ1v) is 13.1. The quantitative estimate of drug-likeness (QED) is 0.200. The van der Waals surface area contributed by atoms with Crippen LogP contribution in [-0.4, -0.2) is 26.9 Å². The third kappa shape index (κ3) is 3.35. The molecular weight excluding hydrogens is 542 g/mol. The van der Waals surface area contributed by atoms with Gasteiger partial charge in [-0.2, -0.15) is 0 Å². The number of aromatic hydroxyl groups is 1. The molecule has 0 fully saturated rings. The van der Waals surface area contributed by atoms with Crippen molar-refractivity contribution in [2.45, 2.75) is 25.2 Å². The van der Waals surface area contributed by atoms with Crippen molar-refractivity contribution in [1.82, 2.24) is 4.98 Å². The number of aryl methyl sites for hydroxylation is 1. The number of benzene rings is 1. The molecule has 10 heteroatoms. The number of hydrogen-bond donors (Lipinski definition) is 4. The largest absolute Gasteiger partial charge is 0.510 e. The van der Waals surface area contributed by atoms with E-state index in [2.05, 4.69) is 11.6 Å². The second-order valence-corrected chi connectivity index (χ2v) is 10.2. The zero-order chi connectivity index (χ0) is 30.1. The van der Waals surface area contributed by atoms with Gasteiger partial charge in [0.1, 0.15) is 29.3 Å². The van der Waals surface area contributed by atoms with E-state index in [4.69, 9.17) is 4.74 Å². The van der Waals surface area contributed by atoms with E-state index >= 15 is 0 Å². The number of nitrogens with one attached hydrogen (secondary N) is 1. The van der Waals surface area contributed by atoms with Crippen LogP contribution in [0.5, 0.6) is 11.5 Å². The molecule has 0 bridgehead atoms. The number of pyridine rings is 1. The summed E-state index contributed by atoms with van der Waals surface area (Å²) in [6, 6.07) is 4.10. The molecule has 1 heterocycles. The molecule has 0 aliphatic heterocycles. The summed E-state index contributed by atoms with van der Waals surface area (Å²) in [5, 5.41) is 32.1. The van der Waals surface area contributed by atoms with Crippen molar-refractivity contribution in [3.63, 3.8) is 0 Å². The van der Waals surface area contributed by atoms with Crippen LogP contribution in [0, 0.1) is 10.4 Å². The molecule has 2 aromatic rings. The maximum Gasteiger partial charge on any atom is 0.260 e. The number of phenolic OH excluding ortho intramolecular Hbond substituents is 1. The first-order chi connectivity index (χ1) is 20.1. The number of rotatable bonds is 5. The fourth-order valence-corrected chi connectivity index (χ4v) is 6.23. The van der Waals surface area contributed by atoms with E-state index in [-0.39, 0.29) is 30.4 Å². The molecule has 210 valence electrons. The summed E-state index contributed by atoms with van der Waals surface area (Å²) >= 11 is 0. The maximum absolute atomic E-state index is 13.7. The van der Waals surface area contributed by atoms with Gasteiger partial charge in [-0.3, -0.25) is 24.0 Å². The molecule has 0 unspecified atom stereocenters. The van der Waals surface area contributed by atoms with Crippen molar-refractivity contribution in [3.05, 3.63) is 138 Å². The number of aliphatic hydroxyl groups excluding tert-OH is 2. The summed E-state index contributed by atoms with van der Waals surface area (Å²) in [5.41, 5.74) is -5.89. The minimum absolute atomic E-state index is 0.0357. The summed E-state index contributed by atoms with van der Waals surface area (Å²) in [6.07, 6.45) is 8.45. The van der Waals surface area contributed by atoms with Gasteiger partial charge in [-0.05, 0) is 42.9 Å². The van der Waals surface area contributed by atoms with Crippen molar-refractivity contribution in [3.8, 4) is 11.5 Å². The van der Waals surface area contributed by atoms with Gasteiger partial charge < -0.3 is 25.0 Å². The lowest BCUT2D eigenvalue weighted by Crippen LogP contribution is -2.52. The van der Waals surface area contributed by atoms with Crippen molar-refractivity contribution >= 4 is 28.4 Å². The molecule has 1 aromatic heterocycles. The van der Waals surface area contributed by atoms with Gasteiger partial charge in [-0.15, -0.1) is 0 Å². The normalized spacial score (nSPS) is 17.7. The summed E-state index contributed by atoms with van der Waals surface area (Å²) in [7, 11) is 0. The van der Waals surface area contributed by atoms with Gasteiger partial charge in [0.05, 0.1) is 26.3 Å². The summed E-state index contributed by atoms with van der Waals surface area (Å²) < 4.78 is 5.21. The van der Waals surface area contributed by atoms with Gasteiger partial charge in [0.2, 0.25) is 16.3 Å². The van der Waals surface area contributed by atoms with Gasteiger partial charge in [0.15, 0.2) is 11.2 Å². The molecule has 0 saturated carbocycles. The van der Waals surface area contributed by atoms with Gasteiger partial charge in [0, 0.05) is 17.3 Å². The molecular formula is C32H23NO9. The Labute approximate surface area is 234 Å². The summed E-state index contributed by atoms with van der Waals surface area (Å²) in [4.78, 5) is 69.1. The molecule has 4 N–H and O–H groups in total. The van der Waals surface area contributed by atoms with Crippen molar-refractivity contribution in [2.24, 2.45) is 0 Å². The maximum atomic E-state index is 13.7. The van der Waals surface area contributed by atoms with E-state index in [0.29, 0.717) is 16.6 Å². The van der Waals surface area contributed by atoms with Gasteiger partial charge in [0.25, 0.3) is 5.56 Å². The molecule has 1 aromatic carbocycles. The molecule has 4 aliphatic carbocycles. The van der Waals surface area contributed by atoms with Crippen LogP contribution in [0.15, 0.2) is 73.1 Å². The lowest BCUT2D eigenvalue weighted by Gasteiger charge is -2.27. The number of aliphatic hydroxyl groups is 2. The Morgan fingerprint density at radius 3 is 2.29 bits per heavy atom. The van der Waals surface area contributed by atoms with E-state index < -0.39 is 76.6 Å². The molecule has 0 radical (unpaired) electrons. The second-order valence-electron chi connectivity index (χ2n) is 10.2. The molecule has 0 saturated heterocycles. The highest BCUT2D eigenvalue weighted by Gasteiger charge is 2.53. The standard InChI is InChI=1S/C32H23NO9/c1-3-5-6-7-16-12-15-11-14-8-9-32(24(14)28(38)19(15)31(41)33-16)29(39)22-23(30(32)40)27(37)21-20(26(22)36)17(34)13-18(25(21)35)42-10-4-2/h3-7,11-13,38-40H,2,8-10H2,1H3,(H,33,41)/b5-3+,7-6+/t32-/m0/s1. The third-order valence-electron chi connectivity index (χ3n) is 7.99. The van der Waals surface area contributed by atoms with Crippen LogP contribution < -0.4 is 42.4 Å².